The summed E-state index contributed by atoms with van der Waals surface area (Å²) in [6.07, 6.45) is 0.306. The third-order valence-corrected chi connectivity index (χ3v) is 4.17. The Hall–Kier alpha value is -1.44. The number of sulfone groups is 1. The monoisotopic (exact) mass is 315 g/mol. The largest absolute Gasteiger partial charge is 0.389 e. The van der Waals surface area contributed by atoms with Crippen molar-refractivity contribution >= 4 is 15.7 Å². The lowest BCUT2D eigenvalue weighted by Crippen LogP contribution is -2.36. The lowest BCUT2D eigenvalue weighted by Gasteiger charge is -2.21. The molecule has 0 spiro atoms. The van der Waals surface area contributed by atoms with Crippen LogP contribution < -0.4 is 0 Å². The number of nitrogens with zero attached hydrogens (tertiary/aromatic N) is 1. The van der Waals surface area contributed by atoms with Gasteiger partial charge in [0, 0.05) is 32.5 Å². The lowest BCUT2D eigenvalue weighted by atomic mass is 10.1. The maximum atomic E-state index is 12.4. The van der Waals surface area contributed by atoms with Gasteiger partial charge in [-0.25, -0.2) is 8.42 Å². The van der Waals surface area contributed by atoms with Crippen molar-refractivity contribution in [2.75, 3.05) is 33.6 Å². The summed E-state index contributed by atoms with van der Waals surface area (Å²) in [6, 6.07) is 4.44. The fourth-order valence-electron chi connectivity index (χ4n) is 1.91. The molecular weight excluding hydrogens is 294 g/mol. The molecule has 0 aliphatic carbocycles. The lowest BCUT2D eigenvalue weighted by molar-refractivity contribution is 0.0380. The molecule has 0 aliphatic rings. The molecule has 1 rings (SSSR count). The van der Waals surface area contributed by atoms with Crippen molar-refractivity contribution in [3.63, 3.8) is 0 Å². The molecule has 0 radical (unpaired) electrons. The normalized spacial score (nSPS) is 13.0. The van der Waals surface area contributed by atoms with Crippen molar-refractivity contribution in [2.45, 2.75) is 17.9 Å². The van der Waals surface area contributed by atoms with Gasteiger partial charge in [-0.3, -0.25) is 4.79 Å². The van der Waals surface area contributed by atoms with Crippen LogP contribution in [0.15, 0.2) is 23.1 Å². The smallest absolute Gasteiger partial charge is 0.253 e. The number of carbonyl (C=O) groups excluding carboxylic acids is 1. The zero-order valence-corrected chi connectivity index (χ0v) is 13.5. The number of methoxy groups -OCH3 is 1. The molecule has 0 bridgehead atoms. The molecule has 1 unspecified atom stereocenters. The van der Waals surface area contributed by atoms with Gasteiger partial charge >= 0.3 is 0 Å². The third-order valence-electron chi connectivity index (χ3n) is 3.06. The number of hydrogen-bond donors (Lipinski definition) is 1. The van der Waals surface area contributed by atoms with Crippen LogP contribution in [-0.4, -0.2) is 64.0 Å². The van der Waals surface area contributed by atoms with Gasteiger partial charge in [-0.05, 0) is 24.6 Å². The highest BCUT2D eigenvalue weighted by molar-refractivity contribution is 7.90. The van der Waals surface area contributed by atoms with Crippen molar-refractivity contribution in [1.82, 2.24) is 4.90 Å². The van der Waals surface area contributed by atoms with Crippen molar-refractivity contribution in [3.8, 4) is 0 Å². The highest BCUT2D eigenvalue weighted by atomic mass is 32.2. The Bertz CT molecular complexity index is 612. The fraction of sp³-hybridized carbons (Fsp3) is 0.500. The minimum absolute atomic E-state index is 0.0993. The molecule has 118 valence electrons. The Morgan fingerprint density at radius 1 is 1.43 bits per heavy atom. The summed E-state index contributed by atoms with van der Waals surface area (Å²) in [5.41, 5.74) is 0.991. The summed E-state index contributed by atoms with van der Waals surface area (Å²) < 4.78 is 28.0. The minimum atomic E-state index is -3.37. The maximum absolute atomic E-state index is 12.4. The van der Waals surface area contributed by atoms with Gasteiger partial charge < -0.3 is 14.7 Å². The molecule has 6 nitrogen and oxygen atoms in total. The van der Waals surface area contributed by atoms with E-state index >= 15 is 0 Å². The molecular formula is C14H21NO5S. The van der Waals surface area contributed by atoms with E-state index in [-0.39, 0.29) is 24.0 Å². The van der Waals surface area contributed by atoms with Gasteiger partial charge in [0.25, 0.3) is 5.91 Å². The van der Waals surface area contributed by atoms with Gasteiger partial charge in [-0.2, -0.15) is 0 Å². The number of ether oxygens (including phenoxy) is 1. The Kier molecular flexibility index (Phi) is 5.88. The number of hydrogen-bond acceptors (Lipinski definition) is 5. The molecule has 1 atom stereocenters. The van der Waals surface area contributed by atoms with Crippen LogP contribution in [-0.2, 0) is 14.6 Å². The van der Waals surface area contributed by atoms with Crippen LogP contribution in [0.4, 0.5) is 0 Å². The van der Waals surface area contributed by atoms with Gasteiger partial charge in [-0.15, -0.1) is 0 Å². The first-order valence-corrected chi connectivity index (χ1v) is 8.29. The second-order valence-corrected chi connectivity index (χ2v) is 7.06. The van der Waals surface area contributed by atoms with Gasteiger partial charge in [0.05, 0.1) is 17.6 Å². The molecule has 1 N–H and O–H groups in total. The molecule has 0 saturated carbocycles. The van der Waals surface area contributed by atoms with Gasteiger partial charge in [0.2, 0.25) is 0 Å². The summed E-state index contributed by atoms with van der Waals surface area (Å²) in [6.45, 7) is 1.97. The standard InChI is InChI=1S/C14H21NO5S/c1-10-5-6-12(21(4,18)19)7-13(10)14(17)15(2)8-11(16)9-20-3/h5-7,11,16H,8-9H2,1-4H3. The predicted octanol–water partition coefficient (Wildman–Crippen LogP) is 0.478. The number of amides is 1. The predicted molar refractivity (Wildman–Crippen MR) is 79.1 cm³/mol. The van der Waals surface area contributed by atoms with E-state index in [1.807, 2.05) is 0 Å². The average Bonchev–Trinajstić information content (AvgIpc) is 2.37. The highest BCUT2D eigenvalue weighted by Gasteiger charge is 2.19. The number of rotatable bonds is 6. The van der Waals surface area contributed by atoms with Crippen molar-refractivity contribution < 1.29 is 23.1 Å². The number of benzene rings is 1. The number of aliphatic hydroxyl groups excluding tert-OH is 1. The van der Waals surface area contributed by atoms with E-state index in [1.165, 1.54) is 24.1 Å². The van der Waals surface area contributed by atoms with Gasteiger partial charge in [0.15, 0.2) is 9.84 Å². The molecule has 0 fully saturated rings. The van der Waals surface area contributed by atoms with Crippen LogP contribution in [0.5, 0.6) is 0 Å². The number of carbonyl (C=O) groups is 1. The van der Waals surface area contributed by atoms with Gasteiger partial charge in [-0.1, -0.05) is 6.07 Å². The Morgan fingerprint density at radius 2 is 2.05 bits per heavy atom. The van der Waals surface area contributed by atoms with E-state index < -0.39 is 15.9 Å². The molecule has 1 amide bonds. The maximum Gasteiger partial charge on any atom is 0.253 e. The number of aliphatic hydroxyl groups is 1. The summed E-state index contributed by atoms with van der Waals surface area (Å²) in [5.74, 6) is -0.340. The summed E-state index contributed by atoms with van der Waals surface area (Å²) >= 11 is 0. The molecule has 21 heavy (non-hydrogen) atoms. The van der Waals surface area contributed by atoms with Crippen LogP contribution in [0.3, 0.4) is 0 Å². The van der Waals surface area contributed by atoms with Crippen LogP contribution in [0.1, 0.15) is 15.9 Å². The van der Waals surface area contributed by atoms with Crippen molar-refractivity contribution in [2.24, 2.45) is 0 Å². The van der Waals surface area contributed by atoms with Crippen molar-refractivity contribution in [1.29, 1.82) is 0 Å². The first-order valence-electron chi connectivity index (χ1n) is 6.40. The Labute approximate surface area is 125 Å². The number of aryl methyl sites for hydroxylation is 1. The average molecular weight is 315 g/mol. The van der Waals surface area contributed by atoms with E-state index in [0.717, 1.165) is 6.26 Å². The van der Waals surface area contributed by atoms with Crippen LogP contribution in [0.2, 0.25) is 0 Å². The molecule has 1 aromatic rings. The molecule has 0 heterocycles. The topological polar surface area (TPSA) is 83.9 Å². The zero-order valence-electron chi connectivity index (χ0n) is 12.7. The van der Waals surface area contributed by atoms with Crippen LogP contribution >= 0.6 is 0 Å². The van der Waals surface area contributed by atoms with Gasteiger partial charge in [0.1, 0.15) is 0 Å². The molecule has 1 aromatic carbocycles. The minimum Gasteiger partial charge on any atom is -0.389 e. The zero-order chi connectivity index (χ0) is 16.2. The van der Waals surface area contributed by atoms with Crippen molar-refractivity contribution in [3.05, 3.63) is 29.3 Å². The highest BCUT2D eigenvalue weighted by Crippen LogP contribution is 2.17. The summed E-state index contributed by atoms with van der Waals surface area (Å²) in [4.78, 5) is 13.8. The van der Waals surface area contributed by atoms with E-state index in [9.17, 15) is 18.3 Å². The Balaban J connectivity index is 3.01. The molecule has 0 aromatic heterocycles. The van der Waals surface area contributed by atoms with E-state index in [4.69, 9.17) is 4.74 Å². The molecule has 0 saturated heterocycles. The summed E-state index contributed by atoms with van der Waals surface area (Å²) in [5, 5.41) is 9.65. The fourth-order valence-corrected chi connectivity index (χ4v) is 2.56. The second-order valence-electron chi connectivity index (χ2n) is 5.04. The first-order chi connectivity index (χ1) is 9.66. The van der Waals surface area contributed by atoms with E-state index in [1.54, 1.807) is 20.0 Å². The van der Waals surface area contributed by atoms with Crippen LogP contribution in [0.25, 0.3) is 0 Å². The molecule has 7 heteroatoms. The SMILES string of the molecule is COCC(O)CN(C)C(=O)c1cc(S(C)(=O)=O)ccc1C. The third kappa shape index (κ3) is 4.80. The van der Waals surface area contributed by atoms with E-state index in [2.05, 4.69) is 0 Å². The second kappa shape index (κ2) is 7.02. The Morgan fingerprint density at radius 3 is 2.57 bits per heavy atom. The van der Waals surface area contributed by atoms with E-state index in [0.29, 0.717) is 11.1 Å². The number of likely N-dealkylation sites (N-methyl/N-ethyl adjacent to an activating group) is 1. The van der Waals surface area contributed by atoms with Crippen LogP contribution in [0, 0.1) is 6.92 Å². The summed E-state index contributed by atoms with van der Waals surface area (Å²) in [7, 11) is -0.361. The first kappa shape index (κ1) is 17.6. The quantitative estimate of drug-likeness (QED) is 0.825. The molecule has 0 aliphatic heterocycles.